The number of halogens is 1. The Morgan fingerprint density at radius 3 is 2.50 bits per heavy atom. The van der Waals surface area contributed by atoms with E-state index in [1.54, 1.807) is 6.92 Å². The third-order valence-electron chi connectivity index (χ3n) is 3.97. The molecule has 0 aliphatic heterocycles. The number of nitrogens with zero attached hydrogens (tertiary/aromatic N) is 2. The Hall–Kier alpha value is -3.72. The second-order valence-electron chi connectivity index (χ2n) is 5.84. The van der Waals surface area contributed by atoms with E-state index in [9.17, 15) is 24.5 Å². The van der Waals surface area contributed by atoms with E-state index in [4.69, 9.17) is 11.6 Å². The number of aromatic nitrogens is 2. The first-order chi connectivity index (χ1) is 13.3. The van der Waals surface area contributed by atoms with Crippen molar-refractivity contribution in [2.24, 2.45) is 0 Å². The summed E-state index contributed by atoms with van der Waals surface area (Å²) in [6.07, 6.45) is 0.995. The van der Waals surface area contributed by atoms with Crippen LogP contribution < -0.4 is 16.6 Å². The number of amides is 1. The van der Waals surface area contributed by atoms with Gasteiger partial charge in [0, 0.05) is 28.5 Å². The number of anilines is 1. The van der Waals surface area contributed by atoms with Crippen molar-refractivity contribution in [2.75, 3.05) is 5.32 Å². The molecule has 3 rings (SSSR count). The van der Waals surface area contributed by atoms with Gasteiger partial charge in [-0.3, -0.25) is 19.7 Å². The minimum absolute atomic E-state index is 0.144. The number of H-pyrrole nitrogens is 1. The van der Waals surface area contributed by atoms with E-state index in [1.807, 2.05) is 0 Å². The molecule has 2 aromatic carbocycles. The molecule has 10 heteroatoms. The van der Waals surface area contributed by atoms with Gasteiger partial charge in [-0.1, -0.05) is 17.7 Å². The van der Waals surface area contributed by atoms with Crippen molar-refractivity contribution in [1.29, 1.82) is 0 Å². The van der Waals surface area contributed by atoms with Gasteiger partial charge in [0.2, 0.25) is 0 Å². The van der Waals surface area contributed by atoms with Gasteiger partial charge >= 0.3 is 5.69 Å². The molecule has 0 bridgehead atoms. The summed E-state index contributed by atoms with van der Waals surface area (Å²) >= 11 is 5.81. The van der Waals surface area contributed by atoms with Crippen LogP contribution in [0.2, 0.25) is 5.02 Å². The van der Waals surface area contributed by atoms with Crippen molar-refractivity contribution in [3.63, 3.8) is 0 Å². The van der Waals surface area contributed by atoms with E-state index in [-0.39, 0.29) is 22.6 Å². The van der Waals surface area contributed by atoms with Crippen molar-refractivity contribution in [2.45, 2.75) is 6.92 Å². The molecular formula is C18H13ClN4O5. The Morgan fingerprint density at radius 2 is 1.86 bits per heavy atom. The van der Waals surface area contributed by atoms with Crippen molar-refractivity contribution < 1.29 is 9.72 Å². The normalized spacial score (nSPS) is 10.5. The van der Waals surface area contributed by atoms with Gasteiger partial charge in [0.15, 0.2) is 0 Å². The number of nitro benzene ring substituents is 1. The van der Waals surface area contributed by atoms with E-state index in [0.29, 0.717) is 10.6 Å². The van der Waals surface area contributed by atoms with E-state index in [1.165, 1.54) is 42.5 Å². The molecule has 0 fully saturated rings. The van der Waals surface area contributed by atoms with Gasteiger partial charge in [-0.15, -0.1) is 0 Å². The largest absolute Gasteiger partial charge is 0.333 e. The number of carbonyl (C=O) groups excluding carboxylic acids is 1. The lowest BCUT2D eigenvalue weighted by Gasteiger charge is -2.08. The highest BCUT2D eigenvalue weighted by Crippen LogP contribution is 2.22. The van der Waals surface area contributed by atoms with Gasteiger partial charge < -0.3 is 10.3 Å². The Labute approximate surface area is 162 Å². The van der Waals surface area contributed by atoms with Crippen LogP contribution in [0.1, 0.15) is 15.9 Å². The Bertz CT molecular complexity index is 1200. The standard InChI is InChI=1S/C18H13ClN4O5/c1-10-2-5-12(8-15(10)23(27)28)21-16(24)14-9-20-18(26)22(17(14)25)13-6-3-11(19)4-7-13/h2-9H,1H3,(H,20,26)(H,21,24). The molecule has 0 unspecified atom stereocenters. The van der Waals surface area contributed by atoms with Crippen LogP contribution in [0.15, 0.2) is 58.3 Å². The van der Waals surface area contributed by atoms with Gasteiger partial charge in [-0.05, 0) is 37.3 Å². The molecule has 3 aromatic rings. The summed E-state index contributed by atoms with van der Waals surface area (Å²) in [7, 11) is 0. The maximum Gasteiger partial charge on any atom is 0.333 e. The molecule has 0 atom stereocenters. The highest BCUT2D eigenvalue weighted by molar-refractivity contribution is 6.30. The van der Waals surface area contributed by atoms with Crippen LogP contribution in [0.3, 0.4) is 0 Å². The molecular weight excluding hydrogens is 388 g/mol. The predicted octanol–water partition coefficient (Wildman–Crippen LogP) is 2.65. The molecule has 0 spiro atoms. The van der Waals surface area contributed by atoms with Crippen LogP contribution in [0.5, 0.6) is 0 Å². The lowest BCUT2D eigenvalue weighted by molar-refractivity contribution is -0.385. The molecule has 0 saturated carbocycles. The number of hydrogen-bond acceptors (Lipinski definition) is 5. The molecule has 142 valence electrons. The number of benzene rings is 2. The second-order valence-corrected chi connectivity index (χ2v) is 6.27. The topological polar surface area (TPSA) is 127 Å². The summed E-state index contributed by atoms with van der Waals surface area (Å²) in [6.45, 7) is 1.57. The fraction of sp³-hybridized carbons (Fsp3) is 0.0556. The van der Waals surface area contributed by atoms with Crippen LogP contribution in [-0.4, -0.2) is 20.4 Å². The minimum atomic E-state index is -0.842. The van der Waals surface area contributed by atoms with E-state index in [0.717, 1.165) is 10.8 Å². The smallest absolute Gasteiger partial charge is 0.322 e. The maximum atomic E-state index is 12.7. The van der Waals surface area contributed by atoms with Crippen LogP contribution in [0, 0.1) is 17.0 Å². The van der Waals surface area contributed by atoms with Crippen LogP contribution >= 0.6 is 11.6 Å². The molecule has 0 aliphatic rings. The Kier molecular flexibility index (Phi) is 5.10. The molecule has 1 aromatic heterocycles. The van der Waals surface area contributed by atoms with E-state index in [2.05, 4.69) is 10.3 Å². The summed E-state index contributed by atoms with van der Waals surface area (Å²) in [5, 5.41) is 13.9. The molecule has 28 heavy (non-hydrogen) atoms. The lowest BCUT2D eigenvalue weighted by Crippen LogP contribution is -2.38. The Balaban J connectivity index is 2.00. The van der Waals surface area contributed by atoms with E-state index >= 15 is 0 Å². The third-order valence-corrected chi connectivity index (χ3v) is 4.22. The zero-order valence-corrected chi connectivity index (χ0v) is 15.2. The van der Waals surface area contributed by atoms with Gasteiger partial charge in [-0.25, -0.2) is 9.36 Å². The number of hydrogen-bond donors (Lipinski definition) is 2. The number of aryl methyl sites for hydroxylation is 1. The number of aromatic amines is 1. The first-order valence-electron chi connectivity index (χ1n) is 7.95. The van der Waals surface area contributed by atoms with Gasteiger partial charge in [0.1, 0.15) is 5.56 Å². The molecule has 2 N–H and O–H groups in total. The van der Waals surface area contributed by atoms with E-state index < -0.39 is 22.1 Å². The van der Waals surface area contributed by atoms with Crippen LogP contribution in [0.25, 0.3) is 5.69 Å². The van der Waals surface area contributed by atoms with Crippen LogP contribution in [0.4, 0.5) is 11.4 Å². The maximum absolute atomic E-state index is 12.7. The van der Waals surface area contributed by atoms with Crippen molar-refractivity contribution in [1.82, 2.24) is 9.55 Å². The first-order valence-corrected chi connectivity index (χ1v) is 8.33. The van der Waals surface area contributed by atoms with Crippen molar-refractivity contribution in [3.8, 4) is 5.69 Å². The predicted molar refractivity (Wildman–Crippen MR) is 103 cm³/mol. The number of nitro groups is 1. The third kappa shape index (κ3) is 3.69. The average molecular weight is 401 g/mol. The van der Waals surface area contributed by atoms with Gasteiger partial charge in [0.25, 0.3) is 17.2 Å². The lowest BCUT2D eigenvalue weighted by atomic mass is 10.2. The fourth-order valence-corrected chi connectivity index (χ4v) is 2.67. The summed E-state index contributed by atoms with van der Waals surface area (Å²) in [4.78, 5) is 50.1. The monoisotopic (exact) mass is 400 g/mol. The summed E-state index contributed by atoms with van der Waals surface area (Å²) in [5.41, 5.74) is -1.27. The Morgan fingerprint density at radius 1 is 1.18 bits per heavy atom. The highest BCUT2D eigenvalue weighted by atomic mass is 35.5. The van der Waals surface area contributed by atoms with Gasteiger partial charge in [-0.2, -0.15) is 0 Å². The zero-order chi connectivity index (χ0) is 20.4. The van der Waals surface area contributed by atoms with Gasteiger partial charge in [0.05, 0.1) is 10.6 Å². The average Bonchev–Trinajstić information content (AvgIpc) is 2.64. The number of nitrogens with one attached hydrogen (secondary N) is 2. The fourth-order valence-electron chi connectivity index (χ4n) is 2.54. The minimum Gasteiger partial charge on any atom is -0.322 e. The zero-order valence-electron chi connectivity index (χ0n) is 14.4. The van der Waals surface area contributed by atoms with Crippen molar-refractivity contribution >= 4 is 28.9 Å². The van der Waals surface area contributed by atoms with Crippen LogP contribution in [-0.2, 0) is 0 Å². The molecule has 0 saturated heterocycles. The summed E-state index contributed by atoms with van der Waals surface area (Å²) in [5.74, 6) is -0.817. The quantitative estimate of drug-likeness (QED) is 0.514. The number of rotatable bonds is 4. The molecule has 9 nitrogen and oxygen atoms in total. The number of carbonyl (C=O) groups is 1. The highest BCUT2D eigenvalue weighted by Gasteiger charge is 2.18. The summed E-state index contributed by atoms with van der Waals surface area (Å²) < 4.78 is 0.794. The molecule has 1 heterocycles. The second kappa shape index (κ2) is 7.49. The molecule has 1 amide bonds. The molecule has 0 radical (unpaired) electrons. The molecule has 0 aliphatic carbocycles. The van der Waals surface area contributed by atoms with Crippen molar-refractivity contribution in [3.05, 3.63) is 95.8 Å². The SMILES string of the molecule is Cc1ccc(NC(=O)c2c[nH]c(=O)n(-c3ccc(Cl)cc3)c2=O)cc1[N+](=O)[O-]. The summed E-state index contributed by atoms with van der Waals surface area (Å²) in [6, 6.07) is 10.1. The first kappa shape index (κ1) is 19.1.